The second-order valence-electron chi connectivity index (χ2n) is 5.90. The minimum absolute atomic E-state index is 0.106. The molecule has 0 atom stereocenters. The van der Waals surface area contributed by atoms with Gasteiger partial charge in [-0.2, -0.15) is 4.57 Å². The van der Waals surface area contributed by atoms with Crippen molar-refractivity contribution in [2.45, 2.75) is 59.4 Å². The van der Waals surface area contributed by atoms with Gasteiger partial charge >= 0.3 is 5.97 Å². The largest absolute Gasteiger partial charge is 0.466 e. The molecule has 0 spiro atoms. The van der Waals surface area contributed by atoms with E-state index in [1.54, 1.807) is 23.6 Å². The molecule has 2 heterocycles. The summed E-state index contributed by atoms with van der Waals surface area (Å²) in [6.45, 7) is 6.72. The molecule has 0 aromatic carbocycles. The third kappa shape index (κ3) is 5.88. The lowest BCUT2D eigenvalue weighted by Gasteiger charge is -2.01. The lowest BCUT2D eigenvalue weighted by molar-refractivity contribution is -0.686. The van der Waals surface area contributed by atoms with Crippen molar-refractivity contribution in [3.05, 3.63) is 27.2 Å². The Hall–Kier alpha value is -1.80. The molecule has 0 saturated carbocycles. The van der Waals surface area contributed by atoms with Gasteiger partial charge in [-0.05, 0) is 19.8 Å². The first kappa shape index (κ1) is 20.5. The molecule has 8 heteroatoms. The van der Waals surface area contributed by atoms with E-state index in [0.717, 1.165) is 25.7 Å². The van der Waals surface area contributed by atoms with E-state index in [2.05, 4.69) is 24.1 Å². The van der Waals surface area contributed by atoms with Gasteiger partial charge in [0, 0.05) is 11.8 Å². The second-order valence-corrected chi connectivity index (χ2v) is 7.69. The molecule has 0 bridgehead atoms. The maximum Gasteiger partial charge on any atom is 0.311 e. The summed E-state index contributed by atoms with van der Waals surface area (Å²) in [5.74, 6) is -0.414. The van der Waals surface area contributed by atoms with Gasteiger partial charge in [-0.15, -0.1) is 11.3 Å². The molecule has 0 unspecified atom stereocenters. The topological polar surface area (TPSA) is 72.2 Å². The maximum absolute atomic E-state index is 12.4. The highest BCUT2D eigenvalue weighted by molar-refractivity contribution is 7.14. The van der Waals surface area contributed by atoms with Crippen LogP contribution < -0.4 is 9.88 Å². The zero-order valence-electron chi connectivity index (χ0n) is 15.5. The molecule has 0 fully saturated rings. The summed E-state index contributed by atoms with van der Waals surface area (Å²) in [6, 6.07) is 0. The smallest absolute Gasteiger partial charge is 0.311 e. The van der Waals surface area contributed by atoms with Gasteiger partial charge in [-0.25, -0.2) is 4.98 Å². The molecule has 2 aromatic rings. The third-order valence-electron chi connectivity index (χ3n) is 3.70. The average molecular weight is 397 g/mol. The Morgan fingerprint density at radius 2 is 1.96 bits per heavy atom. The minimum Gasteiger partial charge on any atom is -0.466 e. The second kappa shape index (κ2) is 10.4. The molecule has 2 rings (SSSR count). The van der Waals surface area contributed by atoms with Gasteiger partial charge in [0.05, 0.1) is 23.6 Å². The number of aryl methyl sites for hydroxylation is 1. The maximum atomic E-state index is 12.4. The molecule has 0 aliphatic heterocycles. The summed E-state index contributed by atoms with van der Waals surface area (Å²) < 4.78 is 6.95. The highest BCUT2D eigenvalue weighted by Crippen LogP contribution is 2.17. The van der Waals surface area contributed by atoms with E-state index in [9.17, 15) is 9.59 Å². The number of hydrogen-bond donors (Lipinski definition) is 1. The fraction of sp³-hybridized carbons (Fsp3) is 0.556. The highest BCUT2D eigenvalue weighted by Gasteiger charge is 2.21. The van der Waals surface area contributed by atoms with Crippen LogP contribution in [0.25, 0.3) is 0 Å². The van der Waals surface area contributed by atoms with E-state index in [0.29, 0.717) is 17.4 Å². The number of aromatic nitrogens is 2. The molecule has 0 aliphatic carbocycles. The Morgan fingerprint density at radius 3 is 2.65 bits per heavy atom. The first-order chi connectivity index (χ1) is 12.6. The van der Waals surface area contributed by atoms with Crippen molar-refractivity contribution < 1.29 is 18.9 Å². The summed E-state index contributed by atoms with van der Waals surface area (Å²) in [6.07, 6.45) is 4.32. The van der Waals surface area contributed by atoms with Gasteiger partial charge in [0.2, 0.25) is 12.1 Å². The predicted octanol–water partition coefficient (Wildman–Crippen LogP) is 3.14. The number of carbonyl (C=O) groups is 2. The molecule has 0 saturated heterocycles. The van der Waals surface area contributed by atoms with Crippen molar-refractivity contribution in [1.82, 2.24) is 4.98 Å². The van der Waals surface area contributed by atoms with Gasteiger partial charge in [0.25, 0.3) is 5.91 Å². The van der Waals surface area contributed by atoms with Crippen molar-refractivity contribution in [1.29, 1.82) is 0 Å². The monoisotopic (exact) mass is 396 g/mol. The van der Waals surface area contributed by atoms with Crippen LogP contribution in [0, 0.1) is 0 Å². The van der Waals surface area contributed by atoms with Gasteiger partial charge in [0.1, 0.15) is 0 Å². The fourth-order valence-electron chi connectivity index (χ4n) is 2.62. The summed E-state index contributed by atoms with van der Waals surface area (Å²) in [4.78, 5) is 29.5. The number of hydrogen-bond acceptors (Lipinski definition) is 6. The van der Waals surface area contributed by atoms with Crippen LogP contribution in [0.15, 0.2) is 10.9 Å². The fourth-order valence-corrected chi connectivity index (χ4v) is 4.48. The standard InChI is InChI=1S/C18H25N3O3S2/c1-4-7-14-15(8-5-2)26-12-21(14)10-16(22)20-18-19-13(11-25-18)9-17(23)24-6-3/h11-12H,4-10H2,1-3H3/p+1. The lowest BCUT2D eigenvalue weighted by atomic mass is 10.1. The first-order valence-electron chi connectivity index (χ1n) is 8.95. The number of nitrogens with one attached hydrogen (secondary N) is 1. The Kier molecular flexibility index (Phi) is 8.18. The van der Waals surface area contributed by atoms with E-state index < -0.39 is 0 Å². The predicted molar refractivity (Wildman–Crippen MR) is 104 cm³/mol. The highest BCUT2D eigenvalue weighted by atomic mass is 32.1. The molecule has 2 aromatic heterocycles. The molecule has 6 nitrogen and oxygen atoms in total. The number of carbonyl (C=O) groups excluding carboxylic acids is 2. The number of nitrogens with zero attached hydrogens (tertiary/aromatic N) is 2. The van der Waals surface area contributed by atoms with Gasteiger partial charge in [0.15, 0.2) is 10.8 Å². The molecule has 26 heavy (non-hydrogen) atoms. The van der Waals surface area contributed by atoms with Crippen molar-refractivity contribution in [3.63, 3.8) is 0 Å². The SMILES string of the molecule is CCCc1sc[n+](CC(=O)Nc2nc(CC(=O)OCC)cs2)c1CCC. The number of amides is 1. The molecule has 142 valence electrons. The van der Waals surface area contributed by atoms with Crippen LogP contribution in [0.1, 0.15) is 49.9 Å². The number of thiazole rings is 2. The van der Waals surface area contributed by atoms with Crippen LogP contribution in [0.2, 0.25) is 0 Å². The average Bonchev–Trinajstić information content (AvgIpc) is 3.17. The van der Waals surface area contributed by atoms with Crippen LogP contribution in [-0.4, -0.2) is 23.5 Å². The molecule has 0 aliphatic rings. The zero-order valence-corrected chi connectivity index (χ0v) is 17.2. The number of ether oxygens (including phenoxy) is 1. The van der Waals surface area contributed by atoms with Crippen LogP contribution in [0.3, 0.4) is 0 Å². The summed E-state index contributed by atoms with van der Waals surface area (Å²) in [7, 11) is 0. The molecular formula is C18H26N3O3S2+. The zero-order chi connectivity index (χ0) is 18.9. The Labute approximate surface area is 162 Å². The molecule has 1 N–H and O–H groups in total. The number of anilines is 1. The van der Waals surface area contributed by atoms with E-state index >= 15 is 0 Å². The van der Waals surface area contributed by atoms with Crippen LogP contribution in [-0.2, 0) is 40.1 Å². The van der Waals surface area contributed by atoms with Gasteiger partial charge in [-0.1, -0.05) is 31.6 Å². The summed E-state index contributed by atoms with van der Waals surface area (Å²) >= 11 is 3.04. The molecule has 0 radical (unpaired) electrons. The van der Waals surface area contributed by atoms with Crippen LogP contribution in [0.5, 0.6) is 0 Å². The number of esters is 1. The third-order valence-corrected chi connectivity index (χ3v) is 5.59. The lowest BCUT2D eigenvalue weighted by Crippen LogP contribution is -2.42. The Bertz CT molecular complexity index is 740. The van der Waals surface area contributed by atoms with Crippen molar-refractivity contribution in [2.24, 2.45) is 0 Å². The van der Waals surface area contributed by atoms with Gasteiger partial charge < -0.3 is 4.74 Å². The van der Waals surface area contributed by atoms with Gasteiger partial charge in [-0.3, -0.25) is 14.9 Å². The van der Waals surface area contributed by atoms with E-state index in [4.69, 9.17) is 4.74 Å². The Balaban J connectivity index is 1.97. The Morgan fingerprint density at radius 1 is 1.19 bits per heavy atom. The van der Waals surface area contributed by atoms with Crippen LogP contribution >= 0.6 is 22.7 Å². The van der Waals surface area contributed by atoms with E-state index in [-0.39, 0.29) is 24.8 Å². The van der Waals surface area contributed by atoms with Crippen molar-refractivity contribution >= 4 is 39.7 Å². The van der Waals surface area contributed by atoms with Crippen LogP contribution in [0.4, 0.5) is 5.13 Å². The summed E-state index contributed by atoms with van der Waals surface area (Å²) in [5.41, 5.74) is 3.91. The quantitative estimate of drug-likeness (QED) is 0.495. The van der Waals surface area contributed by atoms with Crippen molar-refractivity contribution in [2.75, 3.05) is 11.9 Å². The molecule has 1 amide bonds. The molecular weight excluding hydrogens is 370 g/mol. The van der Waals surface area contributed by atoms with E-state index in [1.165, 1.54) is 21.9 Å². The number of rotatable bonds is 10. The van der Waals surface area contributed by atoms with Crippen molar-refractivity contribution in [3.8, 4) is 0 Å². The van der Waals surface area contributed by atoms with E-state index in [1.807, 2.05) is 10.1 Å². The normalized spacial score (nSPS) is 10.7. The minimum atomic E-state index is -0.308. The summed E-state index contributed by atoms with van der Waals surface area (Å²) in [5, 5.41) is 5.11. The first-order valence-corrected chi connectivity index (χ1v) is 10.7.